The molecule has 2 fully saturated rings. The van der Waals surface area contributed by atoms with Crippen molar-refractivity contribution in [2.45, 2.75) is 44.9 Å². The van der Waals surface area contributed by atoms with E-state index in [0.29, 0.717) is 11.3 Å². The predicted octanol–water partition coefficient (Wildman–Crippen LogP) is 1.61. The molecule has 1 aliphatic carbocycles. The van der Waals surface area contributed by atoms with E-state index in [1.165, 1.54) is 19.3 Å². The molecule has 0 amide bonds. The van der Waals surface area contributed by atoms with Gasteiger partial charge in [0.05, 0.1) is 0 Å². The van der Waals surface area contributed by atoms with Gasteiger partial charge in [0.25, 0.3) is 0 Å². The zero-order valence-electron chi connectivity index (χ0n) is 9.92. The normalized spacial score (nSPS) is 27.2. The molecule has 1 atom stereocenters. The van der Waals surface area contributed by atoms with Gasteiger partial charge in [-0.2, -0.15) is 5.10 Å². The third kappa shape index (κ3) is 1.47. The van der Waals surface area contributed by atoms with Gasteiger partial charge in [-0.15, -0.1) is 0 Å². The maximum absolute atomic E-state index is 4.65. The van der Waals surface area contributed by atoms with Crippen molar-refractivity contribution in [1.29, 1.82) is 0 Å². The molecule has 1 spiro atoms. The van der Waals surface area contributed by atoms with Crippen molar-refractivity contribution < 1.29 is 0 Å². The van der Waals surface area contributed by atoms with Crippen LogP contribution in [0.25, 0.3) is 0 Å². The summed E-state index contributed by atoms with van der Waals surface area (Å²) in [5, 5.41) is 11.0. The Balaban J connectivity index is 1.80. The molecule has 4 nitrogen and oxygen atoms in total. The highest BCUT2D eigenvalue weighted by atomic mass is 15.2. The van der Waals surface area contributed by atoms with Crippen molar-refractivity contribution in [2.75, 3.05) is 13.1 Å². The Labute approximate surface area is 96.2 Å². The molecule has 2 aliphatic rings. The second-order valence-corrected chi connectivity index (χ2v) is 5.29. The highest BCUT2D eigenvalue weighted by Gasteiger charge is 2.49. The van der Waals surface area contributed by atoms with Crippen LogP contribution in [-0.4, -0.2) is 28.3 Å². The van der Waals surface area contributed by atoms with E-state index in [1.54, 1.807) is 0 Å². The number of H-pyrrole nitrogens is 1. The number of hydrogen-bond donors (Lipinski definition) is 2. The quantitative estimate of drug-likeness (QED) is 0.813. The molecular formula is C12H20N4. The van der Waals surface area contributed by atoms with Crippen LogP contribution < -0.4 is 5.32 Å². The van der Waals surface area contributed by atoms with Crippen molar-refractivity contribution in [3.05, 3.63) is 11.6 Å². The van der Waals surface area contributed by atoms with Crippen LogP contribution >= 0.6 is 0 Å². The van der Waals surface area contributed by atoms with Crippen molar-refractivity contribution in [2.24, 2.45) is 5.41 Å². The summed E-state index contributed by atoms with van der Waals surface area (Å²) < 4.78 is 0. The van der Waals surface area contributed by atoms with Gasteiger partial charge in [0, 0.05) is 25.4 Å². The van der Waals surface area contributed by atoms with E-state index in [1.807, 2.05) is 0 Å². The van der Waals surface area contributed by atoms with E-state index in [9.17, 15) is 0 Å². The molecule has 1 aromatic rings. The fraction of sp³-hybridized carbons (Fsp3) is 0.833. The van der Waals surface area contributed by atoms with Gasteiger partial charge in [0.1, 0.15) is 5.82 Å². The largest absolute Gasteiger partial charge is 0.315 e. The molecule has 1 saturated carbocycles. The summed E-state index contributed by atoms with van der Waals surface area (Å²) in [6.07, 6.45) is 6.22. The first-order valence-electron chi connectivity index (χ1n) is 6.46. The summed E-state index contributed by atoms with van der Waals surface area (Å²) in [6, 6.07) is 0. The third-order valence-corrected chi connectivity index (χ3v) is 4.26. The molecule has 3 rings (SSSR count). The molecule has 16 heavy (non-hydrogen) atoms. The maximum Gasteiger partial charge on any atom is 0.155 e. The van der Waals surface area contributed by atoms with E-state index < -0.39 is 0 Å². The Bertz CT molecular complexity index is 367. The average Bonchev–Trinajstić information content (AvgIpc) is 2.80. The lowest BCUT2D eigenvalue weighted by Crippen LogP contribution is -2.36. The topological polar surface area (TPSA) is 53.6 Å². The number of nitrogens with one attached hydrogen (secondary N) is 2. The minimum Gasteiger partial charge on any atom is -0.315 e. The minimum absolute atomic E-state index is 0.492. The Morgan fingerprint density at radius 3 is 3.00 bits per heavy atom. The highest BCUT2D eigenvalue weighted by molar-refractivity contribution is 5.14. The van der Waals surface area contributed by atoms with Gasteiger partial charge in [-0.25, -0.2) is 4.98 Å². The van der Waals surface area contributed by atoms with Gasteiger partial charge >= 0.3 is 0 Å². The maximum atomic E-state index is 4.65. The fourth-order valence-electron chi connectivity index (χ4n) is 3.14. The van der Waals surface area contributed by atoms with Crippen molar-refractivity contribution in [1.82, 2.24) is 20.5 Å². The monoisotopic (exact) mass is 220 g/mol. The number of aryl methyl sites for hydroxylation is 1. The van der Waals surface area contributed by atoms with Crippen LogP contribution in [0.1, 0.15) is 50.2 Å². The third-order valence-electron chi connectivity index (χ3n) is 4.26. The number of rotatable bonds is 3. The van der Waals surface area contributed by atoms with Crippen LogP contribution in [0, 0.1) is 5.41 Å². The predicted molar refractivity (Wildman–Crippen MR) is 62.3 cm³/mol. The van der Waals surface area contributed by atoms with Gasteiger partial charge in [-0.05, 0) is 24.7 Å². The molecule has 0 radical (unpaired) electrons. The minimum atomic E-state index is 0.492. The zero-order chi connectivity index (χ0) is 11.0. The first-order valence-corrected chi connectivity index (χ1v) is 6.46. The van der Waals surface area contributed by atoms with E-state index in [4.69, 9.17) is 0 Å². The van der Waals surface area contributed by atoms with Gasteiger partial charge in [0.15, 0.2) is 5.82 Å². The molecule has 2 heterocycles. The second kappa shape index (κ2) is 3.84. The number of aromatic nitrogens is 3. The Morgan fingerprint density at radius 1 is 1.44 bits per heavy atom. The summed E-state index contributed by atoms with van der Waals surface area (Å²) in [4.78, 5) is 4.65. The van der Waals surface area contributed by atoms with Crippen LogP contribution in [0.4, 0.5) is 0 Å². The standard InChI is InChI=1S/C12H20N4/c1-2-4-10-14-11(16-15-10)9-7-13-8-12(9)5-3-6-12/h9,13H,2-8H2,1H3,(H,14,15,16). The molecule has 2 N–H and O–H groups in total. The van der Waals surface area contributed by atoms with Crippen LogP contribution in [0.2, 0.25) is 0 Å². The highest BCUT2D eigenvalue weighted by Crippen LogP contribution is 2.52. The molecule has 1 aliphatic heterocycles. The van der Waals surface area contributed by atoms with Crippen molar-refractivity contribution >= 4 is 0 Å². The lowest BCUT2D eigenvalue weighted by molar-refractivity contribution is 0.133. The molecule has 4 heteroatoms. The molecule has 1 unspecified atom stereocenters. The van der Waals surface area contributed by atoms with E-state index in [0.717, 1.165) is 37.6 Å². The number of aromatic amines is 1. The summed E-state index contributed by atoms with van der Waals surface area (Å²) in [6.45, 7) is 4.39. The number of hydrogen-bond acceptors (Lipinski definition) is 3. The first-order chi connectivity index (χ1) is 7.84. The van der Waals surface area contributed by atoms with Gasteiger partial charge in [-0.1, -0.05) is 13.3 Å². The summed E-state index contributed by atoms with van der Waals surface area (Å²) >= 11 is 0. The molecule has 0 aromatic carbocycles. The SMILES string of the molecule is CCCc1nc(C2CNCC23CCC3)n[nH]1. The zero-order valence-corrected chi connectivity index (χ0v) is 9.92. The van der Waals surface area contributed by atoms with Crippen LogP contribution in [0.3, 0.4) is 0 Å². The van der Waals surface area contributed by atoms with E-state index >= 15 is 0 Å². The smallest absolute Gasteiger partial charge is 0.155 e. The molecule has 88 valence electrons. The van der Waals surface area contributed by atoms with Crippen molar-refractivity contribution in [3.63, 3.8) is 0 Å². The second-order valence-electron chi connectivity index (χ2n) is 5.29. The van der Waals surface area contributed by atoms with Gasteiger partial charge in [-0.3, -0.25) is 5.10 Å². The fourth-order valence-corrected chi connectivity index (χ4v) is 3.14. The molecule has 0 bridgehead atoms. The van der Waals surface area contributed by atoms with E-state index in [2.05, 4.69) is 27.4 Å². The van der Waals surface area contributed by atoms with Gasteiger partial charge in [0.2, 0.25) is 0 Å². The molecule has 1 aromatic heterocycles. The summed E-state index contributed by atoms with van der Waals surface area (Å²) in [5.74, 6) is 2.65. The molecule has 1 saturated heterocycles. The Hall–Kier alpha value is -0.900. The number of nitrogens with zero attached hydrogens (tertiary/aromatic N) is 2. The lowest BCUT2D eigenvalue weighted by Gasteiger charge is -2.41. The Morgan fingerprint density at radius 2 is 2.31 bits per heavy atom. The van der Waals surface area contributed by atoms with Crippen molar-refractivity contribution in [3.8, 4) is 0 Å². The summed E-state index contributed by atoms with van der Waals surface area (Å²) in [7, 11) is 0. The summed E-state index contributed by atoms with van der Waals surface area (Å²) in [5.41, 5.74) is 0.492. The molecular weight excluding hydrogens is 200 g/mol. The van der Waals surface area contributed by atoms with E-state index in [-0.39, 0.29) is 0 Å². The first kappa shape index (κ1) is 10.3. The van der Waals surface area contributed by atoms with Gasteiger partial charge < -0.3 is 5.32 Å². The van der Waals surface area contributed by atoms with Crippen LogP contribution in [-0.2, 0) is 6.42 Å². The van der Waals surface area contributed by atoms with Crippen LogP contribution in [0.15, 0.2) is 0 Å². The Kier molecular flexibility index (Phi) is 2.46. The van der Waals surface area contributed by atoms with Crippen LogP contribution in [0.5, 0.6) is 0 Å². The lowest BCUT2D eigenvalue weighted by atomic mass is 9.62. The average molecular weight is 220 g/mol.